The normalized spacial score (nSPS) is 27.5. The van der Waals surface area contributed by atoms with Crippen LogP contribution in [0.15, 0.2) is 0 Å². The van der Waals surface area contributed by atoms with Crippen LogP contribution in [0.5, 0.6) is 0 Å². The monoisotopic (exact) mass is 257 g/mol. The maximum absolute atomic E-state index is 6.11. The van der Waals surface area contributed by atoms with Crippen molar-refractivity contribution in [1.29, 1.82) is 0 Å². The summed E-state index contributed by atoms with van der Waals surface area (Å²) in [6.07, 6.45) is 5.16. The van der Waals surface area contributed by atoms with E-state index < -0.39 is 0 Å². The van der Waals surface area contributed by atoms with Crippen LogP contribution in [0.3, 0.4) is 0 Å². The molecule has 0 radical (unpaired) electrons. The van der Waals surface area contributed by atoms with Crippen molar-refractivity contribution in [3.63, 3.8) is 0 Å². The third-order valence-electron chi connectivity index (χ3n) is 4.79. The summed E-state index contributed by atoms with van der Waals surface area (Å²) >= 11 is 2.09. The van der Waals surface area contributed by atoms with Gasteiger partial charge in [0, 0.05) is 18.1 Å². The molecule has 2 N–H and O–H groups in total. The summed E-state index contributed by atoms with van der Waals surface area (Å²) in [5.41, 5.74) is 6.41. The van der Waals surface area contributed by atoms with Crippen LogP contribution in [0.2, 0.25) is 0 Å². The molecule has 0 aromatic rings. The average Bonchev–Trinajstić information content (AvgIpc) is 2.39. The predicted molar refractivity (Wildman–Crippen MR) is 76.6 cm³/mol. The van der Waals surface area contributed by atoms with Crippen LogP contribution >= 0.6 is 11.8 Å². The Morgan fingerprint density at radius 3 is 2.41 bits per heavy atom. The van der Waals surface area contributed by atoms with Crippen molar-refractivity contribution in [3.05, 3.63) is 0 Å². The number of likely N-dealkylation sites (N-methyl/N-ethyl adjacent to an activating group) is 1. The Balaban J connectivity index is 1.98. The van der Waals surface area contributed by atoms with Crippen molar-refractivity contribution in [2.75, 3.05) is 45.2 Å². The number of thioether (sulfide) groups is 1. The summed E-state index contributed by atoms with van der Waals surface area (Å²) in [5.74, 6) is 2.57. The van der Waals surface area contributed by atoms with Crippen molar-refractivity contribution in [2.45, 2.75) is 37.3 Å². The van der Waals surface area contributed by atoms with Gasteiger partial charge in [-0.25, -0.2) is 0 Å². The van der Waals surface area contributed by atoms with Crippen molar-refractivity contribution in [2.24, 2.45) is 5.73 Å². The van der Waals surface area contributed by atoms with Gasteiger partial charge in [0.05, 0.1) is 0 Å². The number of nitrogens with two attached hydrogens (primary N) is 1. The first-order chi connectivity index (χ1) is 8.18. The molecule has 17 heavy (non-hydrogen) atoms. The van der Waals surface area contributed by atoms with Gasteiger partial charge < -0.3 is 10.6 Å². The van der Waals surface area contributed by atoms with Crippen LogP contribution in [-0.2, 0) is 0 Å². The van der Waals surface area contributed by atoms with E-state index in [9.17, 15) is 0 Å². The van der Waals surface area contributed by atoms with Gasteiger partial charge >= 0.3 is 0 Å². The SMILES string of the molecule is CN1CCC(N(C)C2(CN)CCSCC2)CC1. The molecule has 2 aliphatic heterocycles. The molecule has 100 valence electrons. The second-order valence-electron chi connectivity index (χ2n) is 5.69. The molecule has 0 aromatic heterocycles. The fraction of sp³-hybridized carbons (Fsp3) is 1.00. The topological polar surface area (TPSA) is 32.5 Å². The van der Waals surface area contributed by atoms with Gasteiger partial charge in [-0.3, -0.25) is 4.90 Å². The Labute approximate surface area is 110 Å². The van der Waals surface area contributed by atoms with E-state index in [1.165, 1.54) is 50.3 Å². The molecule has 2 saturated heterocycles. The lowest BCUT2D eigenvalue weighted by atomic mass is 9.87. The van der Waals surface area contributed by atoms with Gasteiger partial charge in [0.2, 0.25) is 0 Å². The smallest absolute Gasteiger partial charge is 0.0347 e. The zero-order chi connectivity index (χ0) is 12.3. The van der Waals surface area contributed by atoms with Crippen LogP contribution in [0.4, 0.5) is 0 Å². The number of piperidine rings is 1. The minimum absolute atomic E-state index is 0.297. The number of hydrogen-bond donors (Lipinski definition) is 1. The third-order valence-corrected chi connectivity index (χ3v) is 5.77. The molecular formula is C13H27N3S. The molecule has 0 amide bonds. The van der Waals surface area contributed by atoms with Crippen molar-refractivity contribution in [3.8, 4) is 0 Å². The first kappa shape index (κ1) is 13.7. The van der Waals surface area contributed by atoms with Crippen LogP contribution in [0, 0.1) is 0 Å². The highest BCUT2D eigenvalue weighted by atomic mass is 32.2. The fourth-order valence-corrected chi connectivity index (χ4v) is 4.47. The Morgan fingerprint density at radius 2 is 1.88 bits per heavy atom. The minimum atomic E-state index is 0.297. The summed E-state index contributed by atoms with van der Waals surface area (Å²) in [5, 5.41) is 0. The van der Waals surface area contributed by atoms with E-state index in [-0.39, 0.29) is 0 Å². The van der Waals surface area contributed by atoms with Gasteiger partial charge in [-0.15, -0.1) is 0 Å². The first-order valence-corrected chi connectivity index (χ1v) is 8.03. The van der Waals surface area contributed by atoms with Gasteiger partial charge in [0.25, 0.3) is 0 Å². The summed E-state index contributed by atoms with van der Waals surface area (Å²) in [6, 6.07) is 0.748. The average molecular weight is 257 g/mol. The van der Waals surface area contributed by atoms with E-state index in [2.05, 4.69) is 35.7 Å². The molecule has 2 aliphatic rings. The van der Waals surface area contributed by atoms with Crippen molar-refractivity contribution < 1.29 is 0 Å². The third kappa shape index (κ3) is 2.98. The van der Waals surface area contributed by atoms with E-state index in [0.717, 1.165) is 12.6 Å². The molecule has 0 saturated carbocycles. The number of hydrogen-bond acceptors (Lipinski definition) is 4. The van der Waals surface area contributed by atoms with E-state index in [1.54, 1.807) is 0 Å². The van der Waals surface area contributed by atoms with Gasteiger partial charge in [-0.05, 0) is 64.4 Å². The van der Waals surface area contributed by atoms with Crippen molar-refractivity contribution >= 4 is 11.8 Å². The molecule has 4 heteroatoms. The second kappa shape index (κ2) is 5.91. The number of rotatable bonds is 3. The molecule has 0 spiro atoms. The lowest BCUT2D eigenvalue weighted by Gasteiger charge is -2.49. The van der Waals surface area contributed by atoms with Gasteiger partial charge in [-0.2, -0.15) is 11.8 Å². The van der Waals surface area contributed by atoms with Crippen LogP contribution in [-0.4, -0.2) is 66.6 Å². The Kier molecular flexibility index (Phi) is 4.75. The summed E-state index contributed by atoms with van der Waals surface area (Å²) in [4.78, 5) is 5.08. The van der Waals surface area contributed by atoms with Crippen molar-refractivity contribution in [1.82, 2.24) is 9.80 Å². The maximum atomic E-state index is 6.11. The van der Waals surface area contributed by atoms with Crippen LogP contribution in [0.1, 0.15) is 25.7 Å². The maximum Gasteiger partial charge on any atom is 0.0347 e. The predicted octanol–water partition coefficient (Wildman–Crippen LogP) is 1.24. The molecule has 2 fully saturated rings. The molecule has 2 rings (SSSR count). The Bertz CT molecular complexity index is 233. The van der Waals surface area contributed by atoms with Gasteiger partial charge in [0.15, 0.2) is 0 Å². The van der Waals surface area contributed by atoms with Crippen LogP contribution in [0.25, 0.3) is 0 Å². The molecule has 0 aromatic carbocycles. The lowest BCUT2D eigenvalue weighted by molar-refractivity contribution is 0.0374. The Morgan fingerprint density at radius 1 is 1.29 bits per heavy atom. The molecule has 0 bridgehead atoms. The zero-order valence-corrected chi connectivity index (χ0v) is 12.1. The molecule has 0 unspecified atom stereocenters. The molecular weight excluding hydrogens is 230 g/mol. The molecule has 3 nitrogen and oxygen atoms in total. The van der Waals surface area contributed by atoms with Crippen LogP contribution < -0.4 is 5.73 Å². The molecule has 2 heterocycles. The highest BCUT2D eigenvalue weighted by Gasteiger charge is 2.38. The van der Waals surface area contributed by atoms with E-state index >= 15 is 0 Å². The lowest BCUT2D eigenvalue weighted by Crippen LogP contribution is -2.59. The van der Waals surface area contributed by atoms with Gasteiger partial charge in [0.1, 0.15) is 0 Å². The minimum Gasteiger partial charge on any atom is -0.329 e. The highest BCUT2D eigenvalue weighted by Crippen LogP contribution is 2.34. The first-order valence-electron chi connectivity index (χ1n) is 6.87. The highest BCUT2D eigenvalue weighted by molar-refractivity contribution is 7.99. The Hall–Kier alpha value is 0.230. The summed E-state index contributed by atoms with van der Waals surface area (Å²) in [7, 11) is 4.55. The van der Waals surface area contributed by atoms with E-state index in [0.29, 0.717) is 5.54 Å². The summed E-state index contributed by atoms with van der Waals surface area (Å²) < 4.78 is 0. The van der Waals surface area contributed by atoms with Gasteiger partial charge in [-0.1, -0.05) is 0 Å². The quantitative estimate of drug-likeness (QED) is 0.824. The standard InChI is InChI=1S/C13H27N3S/c1-15-7-3-12(4-8-15)16(2)13(11-14)5-9-17-10-6-13/h12H,3-11,14H2,1-2H3. The second-order valence-corrected chi connectivity index (χ2v) is 6.91. The van der Waals surface area contributed by atoms with E-state index in [4.69, 9.17) is 5.73 Å². The molecule has 0 atom stereocenters. The number of likely N-dealkylation sites (tertiary alicyclic amines) is 1. The largest absolute Gasteiger partial charge is 0.329 e. The van der Waals surface area contributed by atoms with E-state index in [1.807, 2.05) is 0 Å². The fourth-order valence-electron chi connectivity index (χ4n) is 3.22. The zero-order valence-electron chi connectivity index (χ0n) is 11.3. The number of nitrogens with zero attached hydrogens (tertiary/aromatic N) is 2. The summed E-state index contributed by atoms with van der Waals surface area (Å²) in [6.45, 7) is 3.31. The molecule has 0 aliphatic carbocycles.